The Morgan fingerprint density at radius 3 is 2.44 bits per heavy atom. The SMILES string of the molecule is Nc1ccc(NC(=O)c2nc[nH]c2C(=O)Nc2ccccc2[N+](=O)[O-])cc1. The molecule has 136 valence electrons. The normalized spacial score (nSPS) is 10.2. The number of benzene rings is 2. The molecule has 0 saturated heterocycles. The Balaban J connectivity index is 1.80. The predicted molar refractivity (Wildman–Crippen MR) is 98.4 cm³/mol. The lowest BCUT2D eigenvalue weighted by Gasteiger charge is -2.07. The van der Waals surface area contributed by atoms with Gasteiger partial charge in [0.25, 0.3) is 17.5 Å². The molecule has 2 aromatic carbocycles. The summed E-state index contributed by atoms with van der Waals surface area (Å²) in [6.45, 7) is 0. The minimum absolute atomic E-state index is 0.00647. The molecule has 0 aliphatic rings. The number of nitrogen functional groups attached to an aromatic ring is 1. The van der Waals surface area contributed by atoms with Crippen molar-refractivity contribution in [1.82, 2.24) is 9.97 Å². The molecule has 0 unspecified atom stereocenters. The highest BCUT2D eigenvalue weighted by molar-refractivity contribution is 6.13. The van der Waals surface area contributed by atoms with E-state index in [9.17, 15) is 19.7 Å². The van der Waals surface area contributed by atoms with Crippen LogP contribution in [0.15, 0.2) is 54.9 Å². The Bertz CT molecular complexity index is 1010. The van der Waals surface area contributed by atoms with Gasteiger partial charge in [-0.15, -0.1) is 0 Å². The number of aromatic amines is 1. The second-order valence-corrected chi connectivity index (χ2v) is 5.43. The monoisotopic (exact) mass is 366 g/mol. The zero-order valence-electron chi connectivity index (χ0n) is 13.8. The standard InChI is InChI=1S/C17H14N6O4/c18-10-5-7-11(8-6-10)21-16(24)14-15(20-9-19-14)17(25)22-12-3-1-2-4-13(12)23(26)27/h1-9H,18H2,(H,19,20)(H,21,24)(H,22,25). The molecule has 3 aromatic rings. The average Bonchev–Trinajstić information content (AvgIpc) is 3.14. The quantitative estimate of drug-likeness (QED) is 0.308. The summed E-state index contributed by atoms with van der Waals surface area (Å²) < 4.78 is 0. The molecule has 0 saturated carbocycles. The average molecular weight is 366 g/mol. The molecular formula is C17H14N6O4. The highest BCUT2D eigenvalue weighted by atomic mass is 16.6. The van der Waals surface area contributed by atoms with Gasteiger partial charge in [0, 0.05) is 17.4 Å². The summed E-state index contributed by atoms with van der Waals surface area (Å²) in [5.74, 6) is -1.35. The van der Waals surface area contributed by atoms with Crippen molar-refractivity contribution in [2.45, 2.75) is 0 Å². The number of amides is 2. The second kappa shape index (κ2) is 7.35. The fourth-order valence-corrected chi connectivity index (χ4v) is 2.32. The molecule has 0 bridgehead atoms. The molecule has 3 rings (SSSR count). The van der Waals surface area contributed by atoms with Gasteiger partial charge < -0.3 is 21.4 Å². The first-order valence-electron chi connectivity index (χ1n) is 7.70. The molecule has 10 nitrogen and oxygen atoms in total. The number of imidazole rings is 1. The third-order valence-corrected chi connectivity index (χ3v) is 3.60. The number of rotatable bonds is 5. The van der Waals surface area contributed by atoms with Crippen LogP contribution in [0.4, 0.5) is 22.7 Å². The van der Waals surface area contributed by atoms with E-state index in [1.807, 2.05) is 0 Å². The Morgan fingerprint density at radius 1 is 1.04 bits per heavy atom. The minimum Gasteiger partial charge on any atom is -0.399 e. The van der Waals surface area contributed by atoms with Gasteiger partial charge in [0.05, 0.1) is 11.3 Å². The summed E-state index contributed by atoms with van der Waals surface area (Å²) in [4.78, 5) is 41.7. The number of anilines is 3. The summed E-state index contributed by atoms with van der Waals surface area (Å²) >= 11 is 0. The van der Waals surface area contributed by atoms with Crippen molar-refractivity contribution >= 4 is 34.6 Å². The number of nitro groups is 1. The number of nitrogens with two attached hydrogens (primary N) is 1. The number of hydrogen-bond donors (Lipinski definition) is 4. The van der Waals surface area contributed by atoms with Crippen molar-refractivity contribution in [2.75, 3.05) is 16.4 Å². The van der Waals surface area contributed by atoms with Crippen molar-refractivity contribution < 1.29 is 14.5 Å². The van der Waals surface area contributed by atoms with Gasteiger partial charge in [-0.05, 0) is 30.3 Å². The van der Waals surface area contributed by atoms with Crippen LogP contribution in [0, 0.1) is 10.1 Å². The van der Waals surface area contributed by atoms with E-state index in [1.165, 1.54) is 24.5 Å². The van der Waals surface area contributed by atoms with E-state index in [1.54, 1.807) is 30.3 Å². The first kappa shape index (κ1) is 17.6. The third-order valence-electron chi connectivity index (χ3n) is 3.60. The Hall–Kier alpha value is -4.21. The van der Waals surface area contributed by atoms with Gasteiger partial charge in [-0.1, -0.05) is 12.1 Å². The zero-order valence-corrected chi connectivity index (χ0v) is 13.8. The number of hydrogen-bond acceptors (Lipinski definition) is 6. The summed E-state index contributed by atoms with van der Waals surface area (Å²) in [6.07, 6.45) is 1.19. The number of nitro benzene ring substituents is 1. The largest absolute Gasteiger partial charge is 0.399 e. The number of aromatic nitrogens is 2. The maximum absolute atomic E-state index is 12.5. The fourth-order valence-electron chi connectivity index (χ4n) is 2.32. The predicted octanol–water partition coefficient (Wildman–Crippen LogP) is 2.40. The van der Waals surface area contributed by atoms with Gasteiger partial charge in [0.1, 0.15) is 11.4 Å². The smallest absolute Gasteiger partial charge is 0.292 e. The van der Waals surface area contributed by atoms with Gasteiger partial charge in [-0.3, -0.25) is 19.7 Å². The van der Waals surface area contributed by atoms with Crippen molar-refractivity contribution in [3.05, 3.63) is 76.4 Å². The molecule has 0 radical (unpaired) electrons. The van der Waals surface area contributed by atoms with Crippen LogP contribution in [0.2, 0.25) is 0 Å². The topological polar surface area (TPSA) is 156 Å². The molecule has 10 heteroatoms. The van der Waals surface area contributed by atoms with Gasteiger partial charge in [0.15, 0.2) is 5.69 Å². The first-order chi connectivity index (χ1) is 13.0. The van der Waals surface area contributed by atoms with Crippen LogP contribution in [-0.2, 0) is 0 Å². The van der Waals surface area contributed by atoms with E-state index in [2.05, 4.69) is 20.6 Å². The van der Waals surface area contributed by atoms with Crippen LogP contribution in [0.25, 0.3) is 0 Å². The van der Waals surface area contributed by atoms with E-state index in [0.717, 1.165) is 0 Å². The molecule has 0 spiro atoms. The maximum atomic E-state index is 12.5. The van der Waals surface area contributed by atoms with Crippen molar-refractivity contribution in [1.29, 1.82) is 0 Å². The van der Waals surface area contributed by atoms with Gasteiger partial charge in [-0.25, -0.2) is 4.98 Å². The van der Waals surface area contributed by atoms with Crippen LogP contribution in [0.5, 0.6) is 0 Å². The molecule has 27 heavy (non-hydrogen) atoms. The number of para-hydroxylation sites is 2. The minimum atomic E-state index is -0.732. The molecule has 0 fully saturated rings. The van der Waals surface area contributed by atoms with Crippen LogP contribution in [-0.4, -0.2) is 26.7 Å². The van der Waals surface area contributed by atoms with E-state index >= 15 is 0 Å². The number of nitrogens with one attached hydrogen (secondary N) is 3. The Kier molecular flexibility index (Phi) is 4.79. The van der Waals surface area contributed by atoms with Gasteiger partial charge in [0.2, 0.25) is 0 Å². The van der Waals surface area contributed by atoms with Crippen LogP contribution in [0.3, 0.4) is 0 Å². The molecule has 0 aliphatic heterocycles. The van der Waals surface area contributed by atoms with Crippen molar-refractivity contribution in [3.63, 3.8) is 0 Å². The second-order valence-electron chi connectivity index (χ2n) is 5.43. The lowest BCUT2D eigenvalue weighted by atomic mass is 10.2. The highest BCUT2D eigenvalue weighted by Gasteiger charge is 2.23. The van der Waals surface area contributed by atoms with Crippen LogP contribution in [0.1, 0.15) is 21.0 Å². The molecule has 2 amide bonds. The van der Waals surface area contributed by atoms with E-state index < -0.39 is 16.7 Å². The maximum Gasteiger partial charge on any atom is 0.292 e. The van der Waals surface area contributed by atoms with E-state index in [4.69, 9.17) is 5.73 Å². The first-order valence-corrected chi connectivity index (χ1v) is 7.70. The number of nitrogens with zero attached hydrogens (tertiary/aromatic N) is 2. The summed E-state index contributed by atoms with van der Waals surface area (Å²) in [5.41, 5.74) is 6.07. The summed E-state index contributed by atoms with van der Waals surface area (Å²) in [5, 5.41) is 16.1. The van der Waals surface area contributed by atoms with E-state index in [0.29, 0.717) is 11.4 Å². The third kappa shape index (κ3) is 3.90. The van der Waals surface area contributed by atoms with Gasteiger partial charge >= 0.3 is 0 Å². The zero-order chi connectivity index (χ0) is 19.4. The summed E-state index contributed by atoms with van der Waals surface area (Å²) in [7, 11) is 0. The van der Waals surface area contributed by atoms with Crippen molar-refractivity contribution in [2.24, 2.45) is 0 Å². The molecule has 0 aliphatic carbocycles. The number of carbonyl (C=O) groups excluding carboxylic acids is 2. The summed E-state index contributed by atoms with van der Waals surface area (Å²) in [6, 6.07) is 12.1. The fraction of sp³-hybridized carbons (Fsp3) is 0. The molecular weight excluding hydrogens is 352 g/mol. The lowest BCUT2D eigenvalue weighted by molar-refractivity contribution is -0.383. The lowest BCUT2D eigenvalue weighted by Crippen LogP contribution is -2.20. The van der Waals surface area contributed by atoms with Gasteiger partial charge in [-0.2, -0.15) is 0 Å². The number of carbonyl (C=O) groups is 2. The molecule has 5 N–H and O–H groups in total. The van der Waals surface area contributed by atoms with Crippen molar-refractivity contribution in [3.8, 4) is 0 Å². The number of H-pyrrole nitrogens is 1. The highest BCUT2D eigenvalue weighted by Crippen LogP contribution is 2.24. The Labute approximate surface area is 152 Å². The Morgan fingerprint density at radius 2 is 1.74 bits per heavy atom. The molecule has 0 atom stereocenters. The van der Waals surface area contributed by atoms with Crippen LogP contribution < -0.4 is 16.4 Å². The van der Waals surface area contributed by atoms with E-state index in [-0.39, 0.29) is 22.8 Å². The van der Waals surface area contributed by atoms with Crippen LogP contribution >= 0.6 is 0 Å². The molecule has 1 heterocycles. The molecule has 1 aromatic heterocycles.